The van der Waals surface area contributed by atoms with Crippen molar-refractivity contribution in [1.82, 2.24) is 16.0 Å². The van der Waals surface area contributed by atoms with Crippen LogP contribution >= 0.6 is 0 Å². The molecule has 0 saturated heterocycles. The highest BCUT2D eigenvalue weighted by atomic mass is 16.5. The number of benzene rings is 1. The molecule has 0 aromatic heterocycles. The predicted molar refractivity (Wildman–Crippen MR) is 90.8 cm³/mol. The van der Waals surface area contributed by atoms with Crippen LogP contribution in [0.2, 0.25) is 0 Å². The third-order valence-electron chi connectivity index (χ3n) is 3.16. The quantitative estimate of drug-likeness (QED) is 0.623. The predicted octanol–water partition coefficient (Wildman–Crippen LogP) is 0.846. The molecule has 0 unspecified atom stereocenters. The average molecular weight is 335 g/mol. The molecule has 0 bridgehead atoms. The van der Waals surface area contributed by atoms with Gasteiger partial charge in [0.25, 0.3) is 5.91 Å². The van der Waals surface area contributed by atoms with E-state index in [4.69, 9.17) is 4.74 Å². The number of nitrogens with one attached hydrogen (secondary N) is 3. The molecular weight excluding hydrogens is 310 g/mol. The van der Waals surface area contributed by atoms with Crippen LogP contribution in [0.4, 0.5) is 0 Å². The first-order valence-corrected chi connectivity index (χ1v) is 8.06. The molecule has 0 radical (unpaired) electrons. The molecule has 0 heterocycles. The molecule has 1 aromatic rings. The second-order valence-corrected chi connectivity index (χ2v) is 5.22. The van der Waals surface area contributed by atoms with E-state index in [9.17, 15) is 14.4 Å². The Morgan fingerprint density at radius 3 is 2.33 bits per heavy atom. The van der Waals surface area contributed by atoms with E-state index in [1.807, 2.05) is 13.8 Å². The van der Waals surface area contributed by atoms with Crippen molar-refractivity contribution in [3.8, 4) is 5.75 Å². The Labute approximate surface area is 142 Å². The van der Waals surface area contributed by atoms with Gasteiger partial charge in [-0.25, -0.2) is 0 Å². The molecule has 1 rings (SSSR count). The zero-order chi connectivity index (χ0) is 17.9. The fourth-order valence-corrected chi connectivity index (χ4v) is 1.89. The van der Waals surface area contributed by atoms with Gasteiger partial charge in [0.15, 0.2) is 0 Å². The summed E-state index contributed by atoms with van der Waals surface area (Å²) in [6.07, 6.45) is 0.824. The van der Waals surface area contributed by atoms with Crippen molar-refractivity contribution in [3.63, 3.8) is 0 Å². The van der Waals surface area contributed by atoms with Gasteiger partial charge < -0.3 is 20.7 Å². The van der Waals surface area contributed by atoms with Crippen molar-refractivity contribution in [2.75, 3.05) is 19.7 Å². The van der Waals surface area contributed by atoms with Gasteiger partial charge in [0.05, 0.1) is 13.2 Å². The Kier molecular flexibility index (Phi) is 8.32. The molecule has 3 amide bonds. The Morgan fingerprint density at radius 1 is 1.08 bits per heavy atom. The first kappa shape index (κ1) is 19.5. The first-order chi connectivity index (χ1) is 11.5. The minimum atomic E-state index is -0.647. The number of hydrogen-bond donors (Lipinski definition) is 3. The number of hydrogen-bond acceptors (Lipinski definition) is 4. The van der Waals surface area contributed by atoms with E-state index in [0.29, 0.717) is 24.5 Å². The van der Waals surface area contributed by atoms with Gasteiger partial charge in [0, 0.05) is 12.1 Å². The lowest BCUT2D eigenvalue weighted by molar-refractivity contribution is -0.128. The molecule has 0 aliphatic heterocycles. The van der Waals surface area contributed by atoms with Gasteiger partial charge in [0.2, 0.25) is 11.8 Å². The van der Waals surface area contributed by atoms with Crippen LogP contribution in [-0.2, 0) is 9.59 Å². The first-order valence-electron chi connectivity index (χ1n) is 8.06. The minimum absolute atomic E-state index is 0.197. The van der Waals surface area contributed by atoms with Crippen LogP contribution in [0.1, 0.15) is 37.6 Å². The Hall–Kier alpha value is -2.57. The molecule has 7 heteroatoms. The lowest BCUT2D eigenvalue weighted by Crippen LogP contribution is -2.48. The van der Waals surface area contributed by atoms with E-state index < -0.39 is 11.9 Å². The van der Waals surface area contributed by atoms with Gasteiger partial charge in [-0.3, -0.25) is 14.4 Å². The number of carbonyl (C=O) groups is 3. The highest BCUT2D eigenvalue weighted by Gasteiger charge is 2.15. The molecule has 1 aromatic carbocycles. The molecular formula is C17H25N3O4. The molecule has 0 aliphatic rings. The lowest BCUT2D eigenvalue weighted by Gasteiger charge is -2.14. The summed E-state index contributed by atoms with van der Waals surface area (Å²) in [7, 11) is 0. The summed E-state index contributed by atoms with van der Waals surface area (Å²) in [4.78, 5) is 35.4. The van der Waals surface area contributed by atoms with Gasteiger partial charge >= 0.3 is 0 Å². The van der Waals surface area contributed by atoms with Crippen LogP contribution in [0.25, 0.3) is 0 Å². The molecule has 24 heavy (non-hydrogen) atoms. The highest BCUT2D eigenvalue weighted by Crippen LogP contribution is 2.11. The molecule has 0 spiro atoms. The van der Waals surface area contributed by atoms with Gasteiger partial charge in [-0.15, -0.1) is 0 Å². The number of carbonyl (C=O) groups excluding carboxylic acids is 3. The maximum absolute atomic E-state index is 12.0. The Balaban J connectivity index is 2.40. The minimum Gasteiger partial charge on any atom is -0.494 e. The zero-order valence-electron chi connectivity index (χ0n) is 14.3. The van der Waals surface area contributed by atoms with Crippen LogP contribution < -0.4 is 20.7 Å². The summed E-state index contributed by atoms with van der Waals surface area (Å²) < 4.78 is 5.30. The van der Waals surface area contributed by atoms with E-state index in [0.717, 1.165) is 6.42 Å². The van der Waals surface area contributed by atoms with Crippen molar-refractivity contribution < 1.29 is 19.1 Å². The smallest absolute Gasteiger partial charge is 0.251 e. The SMILES string of the molecule is CCCNC(=O)[C@H](C)NC(=O)CNC(=O)c1ccc(OCC)cc1. The van der Waals surface area contributed by atoms with Crippen molar-refractivity contribution in [1.29, 1.82) is 0 Å². The maximum atomic E-state index is 12.0. The van der Waals surface area contributed by atoms with Gasteiger partial charge in [-0.1, -0.05) is 6.92 Å². The average Bonchev–Trinajstić information content (AvgIpc) is 2.58. The maximum Gasteiger partial charge on any atom is 0.251 e. The molecule has 1 atom stereocenters. The van der Waals surface area contributed by atoms with Crippen LogP contribution in [0.3, 0.4) is 0 Å². The third kappa shape index (κ3) is 6.68. The zero-order valence-corrected chi connectivity index (χ0v) is 14.3. The van der Waals surface area contributed by atoms with Crippen molar-refractivity contribution in [2.45, 2.75) is 33.2 Å². The summed E-state index contributed by atoms with van der Waals surface area (Å²) >= 11 is 0. The Bertz CT molecular complexity index is 557. The fourth-order valence-electron chi connectivity index (χ4n) is 1.89. The van der Waals surface area contributed by atoms with Gasteiger partial charge in [-0.05, 0) is 44.5 Å². The largest absolute Gasteiger partial charge is 0.494 e. The van der Waals surface area contributed by atoms with E-state index >= 15 is 0 Å². The highest BCUT2D eigenvalue weighted by molar-refractivity contribution is 5.97. The van der Waals surface area contributed by atoms with Crippen LogP contribution in [0.5, 0.6) is 5.75 Å². The molecule has 132 valence electrons. The summed E-state index contributed by atoms with van der Waals surface area (Å²) in [6.45, 7) is 6.33. The standard InChI is InChI=1S/C17H25N3O4/c1-4-10-18-16(22)12(3)20-15(21)11-19-17(23)13-6-8-14(9-7-13)24-5-2/h6-9,12H,4-5,10-11H2,1-3H3,(H,18,22)(H,19,23)(H,20,21)/t12-/m0/s1. The topological polar surface area (TPSA) is 96.5 Å². The van der Waals surface area contributed by atoms with Crippen molar-refractivity contribution in [3.05, 3.63) is 29.8 Å². The molecule has 0 fully saturated rings. The molecule has 0 saturated carbocycles. The molecule has 0 aliphatic carbocycles. The number of amides is 3. The summed E-state index contributed by atoms with van der Waals surface area (Å²) in [5.41, 5.74) is 0.431. The van der Waals surface area contributed by atoms with Crippen LogP contribution in [-0.4, -0.2) is 43.5 Å². The summed E-state index contributed by atoms with van der Waals surface area (Å²) in [6, 6.07) is 5.99. The number of rotatable bonds is 9. The summed E-state index contributed by atoms with van der Waals surface area (Å²) in [5.74, 6) is -0.355. The van der Waals surface area contributed by atoms with Crippen molar-refractivity contribution >= 4 is 17.7 Å². The Morgan fingerprint density at radius 2 is 1.75 bits per heavy atom. The van der Waals surface area contributed by atoms with Crippen molar-refractivity contribution in [2.24, 2.45) is 0 Å². The third-order valence-corrected chi connectivity index (χ3v) is 3.16. The second-order valence-electron chi connectivity index (χ2n) is 5.22. The summed E-state index contributed by atoms with van der Waals surface area (Å²) in [5, 5.41) is 7.74. The molecule has 3 N–H and O–H groups in total. The van der Waals surface area contributed by atoms with E-state index in [1.165, 1.54) is 0 Å². The van der Waals surface area contributed by atoms with E-state index in [-0.39, 0.29) is 18.4 Å². The van der Waals surface area contributed by atoms with Crippen LogP contribution in [0, 0.1) is 0 Å². The van der Waals surface area contributed by atoms with Gasteiger partial charge in [0.1, 0.15) is 11.8 Å². The molecule has 7 nitrogen and oxygen atoms in total. The van der Waals surface area contributed by atoms with Gasteiger partial charge in [-0.2, -0.15) is 0 Å². The second kappa shape index (κ2) is 10.3. The normalized spacial score (nSPS) is 11.3. The van der Waals surface area contributed by atoms with E-state index in [2.05, 4.69) is 16.0 Å². The number of ether oxygens (including phenoxy) is 1. The monoisotopic (exact) mass is 335 g/mol. The van der Waals surface area contributed by atoms with E-state index in [1.54, 1.807) is 31.2 Å². The lowest BCUT2D eigenvalue weighted by atomic mass is 10.2. The van der Waals surface area contributed by atoms with Crippen LogP contribution in [0.15, 0.2) is 24.3 Å². The fraction of sp³-hybridized carbons (Fsp3) is 0.471.